The van der Waals surface area contributed by atoms with Gasteiger partial charge in [0.1, 0.15) is 0 Å². The molecular formula is C13H25N3O. The lowest BCUT2D eigenvalue weighted by atomic mass is 10.0. The van der Waals surface area contributed by atoms with Gasteiger partial charge >= 0.3 is 6.03 Å². The lowest BCUT2D eigenvalue weighted by Crippen LogP contribution is -2.61. The lowest BCUT2D eigenvalue weighted by molar-refractivity contribution is 0.0868. The number of nitrogens with zero attached hydrogens (tertiary/aromatic N) is 2. The molecule has 0 aliphatic carbocycles. The highest BCUT2D eigenvalue weighted by Crippen LogP contribution is 2.19. The van der Waals surface area contributed by atoms with Crippen LogP contribution in [-0.2, 0) is 0 Å². The van der Waals surface area contributed by atoms with Crippen molar-refractivity contribution in [2.24, 2.45) is 5.92 Å². The lowest BCUT2D eigenvalue weighted by Gasteiger charge is -2.43. The molecule has 2 saturated heterocycles. The highest BCUT2D eigenvalue weighted by atomic mass is 16.2. The molecule has 1 N–H and O–H groups in total. The number of piperidine rings is 1. The Morgan fingerprint density at radius 3 is 2.41 bits per heavy atom. The standard InChI is InChI=1S/C13H25N3O/c1-10-5-4-6-15(9-10)13(17)16-11(2)7-14-8-12(16)3/h10-12,14H,4-9H2,1-3H3. The summed E-state index contributed by atoms with van der Waals surface area (Å²) in [5, 5.41) is 3.37. The first-order chi connectivity index (χ1) is 8.09. The van der Waals surface area contributed by atoms with Crippen LogP contribution >= 0.6 is 0 Å². The Hall–Kier alpha value is -0.770. The van der Waals surface area contributed by atoms with Crippen molar-refractivity contribution in [3.63, 3.8) is 0 Å². The first kappa shape index (κ1) is 12.7. The SMILES string of the molecule is CC1CCCN(C(=O)N2C(C)CNCC2C)C1. The predicted molar refractivity (Wildman–Crippen MR) is 69.0 cm³/mol. The van der Waals surface area contributed by atoms with Crippen LogP contribution in [0.4, 0.5) is 4.79 Å². The molecule has 0 spiro atoms. The summed E-state index contributed by atoms with van der Waals surface area (Å²) >= 11 is 0. The van der Waals surface area contributed by atoms with E-state index >= 15 is 0 Å². The Morgan fingerprint density at radius 2 is 1.82 bits per heavy atom. The van der Waals surface area contributed by atoms with E-state index in [4.69, 9.17) is 0 Å². The minimum atomic E-state index is 0.248. The van der Waals surface area contributed by atoms with Gasteiger partial charge in [-0.3, -0.25) is 0 Å². The quantitative estimate of drug-likeness (QED) is 0.695. The maximum atomic E-state index is 12.5. The second kappa shape index (κ2) is 5.25. The molecule has 0 saturated carbocycles. The first-order valence-corrected chi connectivity index (χ1v) is 6.87. The third-order valence-corrected chi connectivity index (χ3v) is 3.98. The van der Waals surface area contributed by atoms with Crippen molar-refractivity contribution in [1.82, 2.24) is 15.1 Å². The van der Waals surface area contributed by atoms with Gasteiger partial charge in [-0.15, -0.1) is 0 Å². The van der Waals surface area contributed by atoms with Gasteiger partial charge in [0.05, 0.1) is 0 Å². The smallest absolute Gasteiger partial charge is 0.320 e. The molecule has 0 radical (unpaired) electrons. The van der Waals surface area contributed by atoms with Crippen LogP contribution in [-0.4, -0.2) is 54.1 Å². The summed E-state index contributed by atoms with van der Waals surface area (Å²) in [6.45, 7) is 10.2. The second-order valence-corrected chi connectivity index (χ2v) is 5.74. The molecule has 2 heterocycles. The van der Waals surface area contributed by atoms with Gasteiger partial charge in [0.25, 0.3) is 0 Å². The summed E-state index contributed by atoms with van der Waals surface area (Å²) in [5.74, 6) is 0.654. The molecule has 3 unspecified atom stereocenters. The summed E-state index contributed by atoms with van der Waals surface area (Å²) in [4.78, 5) is 16.7. The number of piperazine rings is 1. The fourth-order valence-electron chi connectivity index (χ4n) is 3.04. The van der Waals surface area contributed by atoms with Gasteiger partial charge in [-0.05, 0) is 32.6 Å². The Kier molecular flexibility index (Phi) is 3.92. The van der Waals surface area contributed by atoms with Crippen molar-refractivity contribution in [2.75, 3.05) is 26.2 Å². The highest BCUT2D eigenvalue weighted by molar-refractivity contribution is 5.75. The molecule has 2 aliphatic heterocycles. The number of likely N-dealkylation sites (tertiary alicyclic amines) is 1. The number of hydrogen-bond acceptors (Lipinski definition) is 2. The van der Waals surface area contributed by atoms with Crippen LogP contribution in [0, 0.1) is 5.92 Å². The fourth-order valence-corrected chi connectivity index (χ4v) is 3.04. The number of nitrogens with one attached hydrogen (secondary N) is 1. The third kappa shape index (κ3) is 2.73. The molecule has 2 amide bonds. The minimum Gasteiger partial charge on any atom is -0.324 e. The maximum Gasteiger partial charge on any atom is 0.320 e. The molecule has 17 heavy (non-hydrogen) atoms. The molecule has 0 aromatic carbocycles. The van der Waals surface area contributed by atoms with Gasteiger partial charge in [-0.25, -0.2) is 4.79 Å². The summed E-state index contributed by atoms with van der Waals surface area (Å²) in [6, 6.07) is 0.866. The number of carbonyl (C=O) groups is 1. The van der Waals surface area contributed by atoms with Crippen LogP contribution in [0.3, 0.4) is 0 Å². The zero-order valence-electron chi connectivity index (χ0n) is 11.3. The Morgan fingerprint density at radius 1 is 1.18 bits per heavy atom. The van der Waals surface area contributed by atoms with Crippen LogP contribution in [0.5, 0.6) is 0 Å². The normalized spacial score (nSPS) is 34.9. The van der Waals surface area contributed by atoms with E-state index in [-0.39, 0.29) is 6.03 Å². The van der Waals surface area contributed by atoms with Gasteiger partial charge in [0, 0.05) is 38.3 Å². The summed E-state index contributed by atoms with van der Waals surface area (Å²) in [7, 11) is 0. The zero-order chi connectivity index (χ0) is 12.4. The van der Waals surface area contributed by atoms with E-state index in [9.17, 15) is 4.79 Å². The summed E-state index contributed by atoms with van der Waals surface area (Å²) in [6.07, 6.45) is 2.41. The monoisotopic (exact) mass is 239 g/mol. The molecule has 3 atom stereocenters. The minimum absolute atomic E-state index is 0.248. The number of urea groups is 1. The van der Waals surface area contributed by atoms with E-state index in [1.165, 1.54) is 6.42 Å². The van der Waals surface area contributed by atoms with Gasteiger partial charge in [0.2, 0.25) is 0 Å². The van der Waals surface area contributed by atoms with E-state index in [0.717, 1.165) is 32.6 Å². The van der Waals surface area contributed by atoms with E-state index in [2.05, 4.69) is 31.0 Å². The van der Waals surface area contributed by atoms with Crippen molar-refractivity contribution in [3.05, 3.63) is 0 Å². The summed E-state index contributed by atoms with van der Waals surface area (Å²) < 4.78 is 0. The molecule has 2 rings (SSSR count). The summed E-state index contributed by atoms with van der Waals surface area (Å²) in [5.41, 5.74) is 0. The molecule has 4 heteroatoms. The first-order valence-electron chi connectivity index (χ1n) is 6.87. The molecular weight excluding hydrogens is 214 g/mol. The van der Waals surface area contributed by atoms with E-state index in [1.54, 1.807) is 0 Å². The highest BCUT2D eigenvalue weighted by Gasteiger charge is 2.33. The average molecular weight is 239 g/mol. The molecule has 0 bridgehead atoms. The Labute approximate surface area is 104 Å². The van der Waals surface area contributed by atoms with Crippen molar-refractivity contribution < 1.29 is 4.79 Å². The molecule has 0 aromatic heterocycles. The van der Waals surface area contributed by atoms with Gasteiger partial charge < -0.3 is 15.1 Å². The topological polar surface area (TPSA) is 35.6 Å². The number of carbonyl (C=O) groups excluding carboxylic acids is 1. The van der Waals surface area contributed by atoms with Gasteiger partial charge in [-0.1, -0.05) is 6.92 Å². The Bertz CT molecular complexity index is 272. The van der Waals surface area contributed by atoms with Crippen molar-refractivity contribution in [1.29, 1.82) is 0 Å². The van der Waals surface area contributed by atoms with Crippen LogP contribution in [0.25, 0.3) is 0 Å². The largest absolute Gasteiger partial charge is 0.324 e. The third-order valence-electron chi connectivity index (χ3n) is 3.98. The average Bonchev–Trinajstić information content (AvgIpc) is 2.28. The molecule has 4 nitrogen and oxygen atoms in total. The van der Waals surface area contributed by atoms with E-state index in [0.29, 0.717) is 18.0 Å². The van der Waals surface area contributed by atoms with Crippen molar-refractivity contribution in [3.8, 4) is 0 Å². The van der Waals surface area contributed by atoms with E-state index in [1.807, 2.05) is 4.90 Å². The second-order valence-electron chi connectivity index (χ2n) is 5.74. The van der Waals surface area contributed by atoms with Crippen LogP contribution in [0.1, 0.15) is 33.6 Å². The molecule has 0 aromatic rings. The van der Waals surface area contributed by atoms with Crippen molar-refractivity contribution >= 4 is 6.03 Å². The van der Waals surface area contributed by atoms with Crippen LogP contribution < -0.4 is 5.32 Å². The predicted octanol–water partition coefficient (Wildman–Crippen LogP) is 1.52. The van der Waals surface area contributed by atoms with Gasteiger partial charge in [-0.2, -0.15) is 0 Å². The van der Waals surface area contributed by atoms with Crippen LogP contribution in [0.2, 0.25) is 0 Å². The zero-order valence-corrected chi connectivity index (χ0v) is 11.3. The Balaban J connectivity index is 2.02. The molecule has 2 fully saturated rings. The van der Waals surface area contributed by atoms with Crippen molar-refractivity contribution in [2.45, 2.75) is 45.7 Å². The maximum absolute atomic E-state index is 12.5. The number of rotatable bonds is 0. The fraction of sp³-hybridized carbons (Fsp3) is 0.923. The van der Waals surface area contributed by atoms with Gasteiger partial charge in [0.15, 0.2) is 0 Å². The number of hydrogen-bond donors (Lipinski definition) is 1. The molecule has 98 valence electrons. The van der Waals surface area contributed by atoms with E-state index < -0.39 is 0 Å². The number of amides is 2. The van der Waals surface area contributed by atoms with Crippen LogP contribution in [0.15, 0.2) is 0 Å². The molecule has 2 aliphatic rings.